The van der Waals surface area contributed by atoms with Crippen molar-refractivity contribution in [3.05, 3.63) is 0 Å². The van der Waals surface area contributed by atoms with Gasteiger partial charge in [0.15, 0.2) is 0 Å². The van der Waals surface area contributed by atoms with Crippen molar-refractivity contribution in [3.8, 4) is 0 Å². The van der Waals surface area contributed by atoms with E-state index in [9.17, 15) is 47.3 Å². The smallest absolute Gasteiger partial charge is 0.725 e. The van der Waals surface area contributed by atoms with E-state index >= 15 is 0 Å². The summed E-state index contributed by atoms with van der Waals surface area (Å²) < 4.78 is 115. The van der Waals surface area contributed by atoms with Crippen LogP contribution in [-0.2, 0) is 48.9 Å². The molecule has 0 atom stereocenters. The summed E-state index contributed by atoms with van der Waals surface area (Å²) in [5.74, 6) is 0. The third-order valence-electron chi connectivity index (χ3n) is 0.336. The summed E-state index contributed by atoms with van der Waals surface area (Å²) in [5, 5.41) is 0. The zero-order chi connectivity index (χ0) is 15.4. The third kappa shape index (κ3) is 36.1. The average molecular weight is 397 g/mol. The zero-order valence-corrected chi connectivity index (χ0v) is 13.1. The Labute approximate surface area is 124 Å². The molecule has 0 aromatic rings. The summed E-state index contributed by atoms with van der Waals surface area (Å²) >= 11 is 0. The Bertz CT molecular complexity index is 537. The minimum Gasteiger partial charge on any atom is -0.725 e. The molecule has 4 N–H and O–H groups in total. The molecule has 0 heterocycles. The van der Waals surface area contributed by atoms with Gasteiger partial charge in [0, 0.05) is 0 Å². The fraction of sp³-hybridized carbons (Fsp3) is 0. The quantitative estimate of drug-likeness (QED) is 0.259. The molecule has 0 rings (SSSR count). The third-order valence-corrected chi connectivity index (χ3v) is 3.02. The van der Waals surface area contributed by atoms with Gasteiger partial charge in [-0.05, 0) is 0 Å². The molecule has 15 nitrogen and oxygen atoms in total. The van der Waals surface area contributed by atoms with Crippen LogP contribution in [0.2, 0.25) is 0 Å². The summed E-state index contributed by atoms with van der Waals surface area (Å²) in [4.78, 5) is 0. The van der Waals surface area contributed by atoms with Crippen LogP contribution >= 0.6 is 0 Å². The molecule has 120 valence electrons. The monoisotopic (exact) mass is 397 g/mol. The van der Waals surface area contributed by atoms with Gasteiger partial charge in [-0.2, -0.15) is 12.0 Å². The molecule has 0 radical (unpaired) electrons. The van der Waals surface area contributed by atoms with Crippen molar-refractivity contribution < 1.29 is 59.1 Å². The van der Waals surface area contributed by atoms with Crippen molar-refractivity contribution in [3.63, 3.8) is 0 Å². The molecule has 0 amide bonds. The first-order valence-corrected chi connectivity index (χ1v) is 8.05. The molecule has 0 bridgehead atoms. The molecule has 0 unspecified atom stereocenters. The molecule has 0 aromatic heterocycles. The van der Waals surface area contributed by atoms with Crippen molar-refractivity contribution in [2.75, 3.05) is 0 Å². The van der Waals surface area contributed by atoms with Crippen LogP contribution < -0.4 is 6.15 Å². The molecular formula is H4AlNO14S4. The molecule has 0 aliphatic heterocycles. The van der Waals surface area contributed by atoms with Gasteiger partial charge < -0.3 is 19.8 Å². The van der Waals surface area contributed by atoms with Crippen LogP contribution in [0.15, 0.2) is 0 Å². The van der Waals surface area contributed by atoms with Gasteiger partial charge in [0.2, 0.25) is 31.2 Å². The maximum Gasteiger partial charge on any atom is 3.00 e. The number of hydrogen-bond acceptors (Lipinski definition) is 14. The van der Waals surface area contributed by atoms with E-state index < -0.39 is 41.6 Å². The minimum absolute atomic E-state index is 0. The van der Waals surface area contributed by atoms with E-state index in [1.54, 1.807) is 0 Å². The summed E-state index contributed by atoms with van der Waals surface area (Å²) in [6, 6.07) is 0. The van der Waals surface area contributed by atoms with Gasteiger partial charge in [0.05, 0.1) is 0 Å². The predicted molar refractivity (Wildman–Crippen MR) is 53.6 cm³/mol. The predicted octanol–water partition coefficient (Wildman–Crippen LogP) is -4.03. The molecule has 0 spiro atoms. The summed E-state index contributed by atoms with van der Waals surface area (Å²) in [5.41, 5.74) is 0. The Morgan fingerprint density at radius 1 is 0.650 bits per heavy atom. The molecule has 0 saturated heterocycles. The van der Waals surface area contributed by atoms with Crippen LogP contribution in [0.3, 0.4) is 0 Å². The SMILES string of the molecule is N.O=S(=O)([O-])OS(=O)(=O)O.O=S(=O)([O-])OS(=O)(=O)[O-].[Al+3]. The van der Waals surface area contributed by atoms with Crippen molar-refractivity contribution in [2.45, 2.75) is 0 Å². The molecule has 0 saturated carbocycles. The molecule has 0 fully saturated rings. The van der Waals surface area contributed by atoms with Crippen LogP contribution in [0.5, 0.6) is 0 Å². The van der Waals surface area contributed by atoms with Crippen LogP contribution in [0.25, 0.3) is 0 Å². The van der Waals surface area contributed by atoms with Crippen LogP contribution in [-0.4, -0.2) is 69.2 Å². The van der Waals surface area contributed by atoms with E-state index in [-0.39, 0.29) is 23.5 Å². The second-order valence-corrected chi connectivity index (χ2v) is 6.18. The van der Waals surface area contributed by atoms with Gasteiger partial charge in [-0.3, -0.25) is 4.55 Å². The summed E-state index contributed by atoms with van der Waals surface area (Å²) in [6.45, 7) is 0. The van der Waals surface area contributed by atoms with Crippen molar-refractivity contribution >= 4 is 59.0 Å². The molecule has 0 aliphatic rings. The Hall–Kier alpha value is 0.0525. The van der Waals surface area contributed by atoms with Crippen molar-refractivity contribution in [1.82, 2.24) is 6.15 Å². The fourth-order valence-corrected chi connectivity index (χ4v) is 1.87. The normalized spacial score (nSPS) is 12.2. The van der Waals surface area contributed by atoms with Crippen LogP contribution in [0.1, 0.15) is 0 Å². The number of rotatable bonds is 4. The van der Waals surface area contributed by atoms with Crippen molar-refractivity contribution in [1.29, 1.82) is 0 Å². The molecule has 20 heavy (non-hydrogen) atoms. The van der Waals surface area contributed by atoms with Gasteiger partial charge in [0.1, 0.15) is 0 Å². The van der Waals surface area contributed by atoms with E-state index in [1.807, 2.05) is 0 Å². The molecular weight excluding hydrogens is 393 g/mol. The van der Waals surface area contributed by atoms with E-state index in [0.29, 0.717) is 0 Å². The summed E-state index contributed by atoms with van der Waals surface area (Å²) in [7, 11) is -21.4. The second kappa shape index (κ2) is 9.15. The standard InChI is InChI=1S/Al.H3N.2H2O7S2/c;;2*1-8(2,3)7-9(4,5)6/h;1H3;2*(H,1,2,3)(H,4,5,6)/q+3;;;/p-3. The average Bonchev–Trinajstić information content (AvgIpc) is 1.64. The van der Waals surface area contributed by atoms with Gasteiger partial charge in [-0.1, -0.05) is 0 Å². The first-order valence-electron chi connectivity index (χ1n) is 2.68. The maximum atomic E-state index is 9.40. The Kier molecular flexibility index (Phi) is 12.9. The van der Waals surface area contributed by atoms with Gasteiger partial charge >= 0.3 is 27.8 Å². The Morgan fingerprint density at radius 3 is 0.850 bits per heavy atom. The Morgan fingerprint density at radius 2 is 0.850 bits per heavy atom. The zero-order valence-electron chi connectivity index (χ0n) is 8.67. The molecule has 0 aromatic carbocycles. The fourth-order valence-electron chi connectivity index (χ4n) is 0.207. The molecule has 20 heteroatoms. The van der Waals surface area contributed by atoms with Gasteiger partial charge in [-0.15, -0.1) is 3.63 Å². The Balaban J connectivity index is -0.000000116. The topological polar surface area (TPSA) is 279 Å². The van der Waals surface area contributed by atoms with E-state index in [0.717, 1.165) is 0 Å². The van der Waals surface area contributed by atoms with E-state index in [4.69, 9.17) is 4.55 Å². The van der Waals surface area contributed by atoms with Crippen LogP contribution in [0.4, 0.5) is 0 Å². The minimum atomic E-state index is -5.43. The first kappa shape index (κ1) is 28.2. The van der Waals surface area contributed by atoms with Gasteiger partial charge in [-0.25, -0.2) is 25.3 Å². The van der Waals surface area contributed by atoms with Gasteiger partial charge in [0.25, 0.3) is 0 Å². The molecule has 0 aliphatic carbocycles. The maximum absolute atomic E-state index is 9.40. The second-order valence-electron chi connectivity index (χ2n) is 1.79. The summed E-state index contributed by atoms with van der Waals surface area (Å²) in [6.07, 6.45) is 0. The van der Waals surface area contributed by atoms with Crippen LogP contribution in [0, 0.1) is 0 Å². The van der Waals surface area contributed by atoms with E-state index in [1.165, 1.54) is 0 Å². The van der Waals surface area contributed by atoms with E-state index in [2.05, 4.69) is 7.26 Å². The number of hydrogen-bond donors (Lipinski definition) is 2. The van der Waals surface area contributed by atoms with Crippen molar-refractivity contribution in [2.24, 2.45) is 0 Å². The first-order chi connectivity index (χ1) is 7.41. The largest absolute Gasteiger partial charge is 3.00 e.